The number of amides is 2. The molecule has 2 rings (SSSR count). The van der Waals surface area contributed by atoms with Gasteiger partial charge in [0.15, 0.2) is 0 Å². The van der Waals surface area contributed by atoms with Crippen molar-refractivity contribution in [1.82, 2.24) is 10.2 Å². The predicted molar refractivity (Wildman–Crippen MR) is 80.7 cm³/mol. The van der Waals surface area contributed by atoms with Gasteiger partial charge in [-0.1, -0.05) is 34.1 Å². The third-order valence-corrected chi connectivity index (χ3v) is 5.45. The topological polar surface area (TPSA) is 58.6 Å². The van der Waals surface area contributed by atoms with E-state index in [4.69, 9.17) is 4.74 Å². The molecule has 0 aromatic rings. The lowest BCUT2D eigenvalue weighted by atomic mass is 9.63. The molecule has 1 saturated carbocycles. The van der Waals surface area contributed by atoms with Crippen LogP contribution in [0, 0.1) is 11.3 Å². The Bertz CT molecular complexity index is 422. The summed E-state index contributed by atoms with van der Waals surface area (Å²) >= 11 is 0. The van der Waals surface area contributed by atoms with E-state index >= 15 is 0 Å². The second-order valence-corrected chi connectivity index (χ2v) is 7.01. The fourth-order valence-corrected chi connectivity index (χ4v) is 3.54. The van der Waals surface area contributed by atoms with Crippen LogP contribution in [-0.2, 0) is 14.3 Å². The Labute approximate surface area is 127 Å². The first-order valence-electron chi connectivity index (χ1n) is 7.95. The van der Waals surface area contributed by atoms with Gasteiger partial charge in [0.05, 0.1) is 6.10 Å². The predicted octanol–water partition coefficient (Wildman–Crippen LogP) is 1.56. The molecular weight excluding hydrogens is 268 g/mol. The van der Waals surface area contributed by atoms with E-state index in [1.807, 2.05) is 18.7 Å². The maximum absolute atomic E-state index is 12.9. The molecule has 1 aliphatic carbocycles. The van der Waals surface area contributed by atoms with Crippen molar-refractivity contribution >= 4 is 11.8 Å². The molecule has 21 heavy (non-hydrogen) atoms. The van der Waals surface area contributed by atoms with Crippen LogP contribution in [0.5, 0.6) is 0 Å². The van der Waals surface area contributed by atoms with E-state index in [1.165, 1.54) is 0 Å². The van der Waals surface area contributed by atoms with Crippen molar-refractivity contribution in [2.24, 2.45) is 11.3 Å². The zero-order valence-electron chi connectivity index (χ0n) is 13.8. The molecule has 1 saturated heterocycles. The van der Waals surface area contributed by atoms with Gasteiger partial charge in [0.1, 0.15) is 6.04 Å². The van der Waals surface area contributed by atoms with E-state index in [1.54, 1.807) is 7.11 Å². The van der Waals surface area contributed by atoms with Crippen LogP contribution in [0.4, 0.5) is 0 Å². The van der Waals surface area contributed by atoms with Crippen LogP contribution in [0.3, 0.4) is 0 Å². The first kappa shape index (κ1) is 16.3. The number of nitrogens with zero attached hydrogens (tertiary/aromatic N) is 1. The molecule has 120 valence electrons. The summed E-state index contributed by atoms with van der Waals surface area (Å²) in [6, 6.07) is -0.225. The molecule has 2 aliphatic rings. The minimum atomic E-state index is -0.387. The number of ether oxygens (including phenoxy) is 1. The molecule has 0 aromatic carbocycles. The molecule has 1 N–H and O–H groups in total. The van der Waals surface area contributed by atoms with Crippen molar-refractivity contribution in [3.8, 4) is 0 Å². The van der Waals surface area contributed by atoms with E-state index < -0.39 is 0 Å². The summed E-state index contributed by atoms with van der Waals surface area (Å²) in [5.74, 6) is 0.211. The smallest absolute Gasteiger partial charge is 0.245 e. The highest BCUT2D eigenvalue weighted by Crippen LogP contribution is 2.46. The largest absolute Gasteiger partial charge is 0.381 e. The molecule has 4 unspecified atom stereocenters. The highest BCUT2D eigenvalue weighted by atomic mass is 16.5. The average molecular weight is 296 g/mol. The maximum Gasteiger partial charge on any atom is 0.245 e. The second-order valence-electron chi connectivity index (χ2n) is 7.01. The minimum Gasteiger partial charge on any atom is -0.381 e. The normalized spacial score (nSPS) is 34.0. The van der Waals surface area contributed by atoms with Crippen LogP contribution in [0.25, 0.3) is 0 Å². The summed E-state index contributed by atoms with van der Waals surface area (Å²) in [5, 5.41) is 2.90. The Morgan fingerprint density at radius 3 is 2.62 bits per heavy atom. The van der Waals surface area contributed by atoms with Gasteiger partial charge in [0.25, 0.3) is 0 Å². The lowest BCUT2D eigenvalue weighted by Gasteiger charge is -2.55. The zero-order valence-corrected chi connectivity index (χ0v) is 13.8. The molecule has 2 fully saturated rings. The van der Waals surface area contributed by atoms with Gasteiger partial charge in [-0.15, -0.1) is 0 Å². The van der Waals surface area contributed by atoms with Gasteiger partial charge in [0, 0.05) is 31.5 Å². The Morgan fingerprint density at radius 1 is 1.43 bits per heavy atom. The Hall–Kier alpha value is -1.10. The summed E-state index contributed by atoms with van der Waals surface area (Å²) in [5.41, 5.74) is -0.0577. The molecule has 1 aliphatic heterocycles. The van der Waals surface area contributed by atoms with Gasteiger partial charge in [-0.3, -0.25) is 9.59 Å². The van der Waals surface area contributed by atoms with Crippen LogP contribution in [-0.4, -0.2) is 48.6 Å². The van der Waals surface area contributed by atoms with Gasteiger partial charge in [-0.2, -0.15) is 0 Å². The highest BCUT2D eigenvalue weighted by molar-refractivity contribution is 5.90. The molecule has 4 atom stereocenters. The SMILES string of the molecule is CCC(C)C1NC(=O)CCN(C2CC(OC)C2(C)C)C1=O. The third kappa shape index (κ3) is 2.80. The fraction of sp³-hybridized carbons (Fsp3) is 0.875. The zero-order chi connectivity index (χ0) is 15.8. The van der Waals surface area contributed by atoms with Crippen LogP contribution in [0.15, 0.2) is 0 Å². The van der Waals surface area contributed by atoms with Gasteiger partial charge < -0.3 is 15.0 Å². The van der Waals surface area contributed by atoms with Crippen molar-refractivity contribution < 1.29 is 14.3 Å². The van der Waals surface area contributed by atoms with Gasteiger partial charge >= 0.3 is 0 Å². The van der Waals surface area contributed by atoms with E-state index in [0.29, 0.717) is 13.0 Å². The average Bonchev–Trinajstić information content (AvgIpc) is 2.58. The highest BCUT2D eigenvalue weighted by Gasteiger charge is 2.53. The molecular formula is C16H28N2O3. The number of nitrogens with one attached hydrogen (secondary N) is 1. The standard InChI is InChI=1S/C16H28N2O3/c1-6-10(2)14-15(20)18(8-7-13(19)17-14)11-9-12(21-5)16(11,3)4/h10-12,14H,6-9H2,1-5H3,(H,17,19). The number of hydrogen-bond donors (Lipinski definition) is 1. The van der Waals surface area contributed by atoms with E-state index in [9.17, 15) is 9.59 Å². The molecule has 2 amide bonds. The van der Waals surface area contributed by atoms with Gasteiger partial charge in [0.2, 0.25) is 11.8 Å². The quantitative estimate of drug-likeness (QED) is 0.856. The van der Waals surface area contributed by atoms with Crippen molar-refractivity contribution in [3.63, 3.8) is 0 Å². The molecule has 0 spiro atoms. The number of carbonyl (C=O) groups is 2. The molecule has 5 heteroatoms. The van der Waals surface area contributed by atoms with Gasteiger partial charge in [-0.25, -0.2) is 0 Å². The third-order valence-electron chi connectivity index (χ3n) is 5.45. The Balaban J connectivity index is 2.19. The molecule has 5 nitrogen and oxygen atoms in total. The Morgan fingerprint density at radius 2 is 2.10 bits per heavy atom. The maximum atomic E-state index is 12.9. The molecule has 0 aromatic heterocycles. The number of methoxy groups -OCH3 is 1. The number of carbonyl (C=O) groups excluding carboxylic acids is 2. The molecule has 0 bridgehead atoms. The summed E-state index contributed by atoms with van der Waals surface area (Å²) < 4.78 is 5.49. The van der Waals surface area contributed by atoms with E-state index in [-0.39, 0.29) is 41.3 Å². The van der Waals surface area contributed by atoms with Crippen LogP contribution in [0.1, 0.15) is 47.0 Å². The van der Waals surface area contributed by atoms with Crippen LogP contribution < -0.4 is 5.32 Å². The second kappa shape index (κ2) is 5.95. The van der Waals surface area contributed by atoms with Crippen molar-refractivity contribution in [2.45, 2.75) is 65.1 Å². The van der Waals surface area contributed by atoms with Gasteiger partial charge in [-0.05, 0) is 12.3 Å². The number of hydrogen-bond acceptors (Lipinski definition) is 3. The van der Waals surface area contributed by atoms with Crippen molar-refractivity contribution in [3.05, 3.63) is 0 Å². The first-order chi connectivity index (χ1) is 9.82. The summed E-state index contributed by atoms with van der Waals surface area (Å²) in [7, 11) is 1.72. The fourth-order valence-electron chi connectivity index (χ4n) is 3.54. The summed E-state index contributed by atoms with van der Waals surface area (Å²) in [4.78, 5) is 26.7. The summed E-state index contributed by atoms with van der Waals surface area (Å²) in [6.07, 6.45) is 2.31. The van der Waals surface area contributed by atoms with Crippen LogP contribution in [0.2, 0.25) is 0 Å². The van der Waals surface area contributed by atoms with Crippen LogP contribution >= 0.6 is 0 Å². The lowest BCUT2D eigenvalue weighted by molar-refractivity contribution is -0.163. The minimum absolute atomic E-state index is 0.0171. The van der Waals surface area contributed by atoms with E-state index in [0.717, 1.165) is 12.8 Å². The lowest BCUT2D eigenvalue weighted by Crippen LogP contribution is -2.64. The molecule has 1 heterocycles. The first-order valence-corrected chi connectivity index (χ1v) is 7.95. The summed E-state index contributed by atoms with van der Waals surface area (Å²) in [6.45, 7) is 8.87. The Kier molecular flexibility index (Phi) is 4.61. The van der Waals surface area contributed by atoms with Crippen molar-refractivity contribution in [1.29, 1.82) is 0 Å². The number of rotatable bonds is 4. The van der Waals surface area contributed by atoms with E-state index in [2.05, 4.69) is 19.2 Å². The molecule has 0 radical (unpaired) electrons. The van der Waals surface area contributed by atoms with Crippen molar-refractivity contribution in [2.75, 3.05) is 13.7 Å². The monoisotopic (exact) mass is 296 g/mol.